The van der Waals surface area contributed by atoms with Crippen molar-refractivity contribution in [2.24, 2.45) is 10.2 Å². The first-order valence-corrected chi connectivity index (χ1v) is 7.09. The Bertz CT molecular complexity index is 539. The molecule has 1 unspecified atom stereocenters. The van der Waals surface area contributed by atoms with E-state index in [2.05, 4.69) is 10.2 Å². The second-order valence-corrected chi connectivity index (χ2v) is 5.40. The molecule has 1 aliphatic carbocycles. The number of furan rings is 1. The maximum atomic E-state index is 12.3. The molecule has 0 radical (unpaired) electrons. The third-order valence-electron chi connectivity index (χ3n) is 3.83. The number of esters is 1. The number of hydrogen-bond donors (Lipinski definition) is 0. The van der Waals surface area contributed by atoms with Crippen LogP contribution in [0.1, 0.15) is 50.7 Å². The van der Waals surface area contributed by atoms with Gasteiger partial charge in [0.15, 0.2) is 5.71 Å². The van der Waals surface area contributed by atoms with Crippen molar-refractivity contribution in [2.45, 2.75) is 51.0 Å². The Morgan fingerprint density at radius 3 is 2.85 bits per heavy atom. The van der Waals surface area contributed by atoms with Crippen LogP contribution in [0.15, 0.2) is 33.0 Å². The van der Waals surface area contributed by atoms with Gasteiger partial charge >= 0.3 is 5.97 Å². The van der Waals surface area contributed by atoms with Gasteiger partial charge in [-0.1, -0.05) is 0 Å². The Kier molecular flexibility index (Phi) is 3.67. The zero-order chi connectivity index (χ0) is 13.9. The standard InChI is InChI=1S/C15H18N2O3/c1-10-9-12(13-7-4-8-19-13)14(17-16-10)15(18)20-11-5-2-3-6-11/h4,7-8,11-12H,2-3,5-6,9H2,1H3. The van der Waals surface area contributed by atoms with Crippen molar-refractivity contribution >= 4 is 17.4 Å². The predicted octanol–water partition coefficient (Wildman–Crippen LogP) is 3.07. The molecule has 5 heteroatoms. The third-order valence-corrected chi connectivity index (χ3v) is 3.83. The molecular formula is C15H18N2O3. The lowest BCUT2D eigenvalue weighted by Gasteiger charge is -2.20. The smallest absolute Gasteiger partial charge is 0.355 e. The molecule has 0 bridgehead atoms. The summed E-state index contributed by atoms with van der Waals surface area (Å²) in [5, 5.41) is 8.09. The topological polar surface area (TPSA) is 64.2 Å². The highest BCUT2D eigenvalue weighted by Gasteiger charge is 2.33. The Labute approximate surface area is 117 Å². The van der Waals surface area contributed by atoms with Gasteiger partial charge in [0.25, 0.3) is 0 Å². The molecule has 5 nitrogen and oxygen atoms in total. The van der Waals surface area contributed by atoms with Gasteiger partial charge in [-0.05, 0) is 44.7 Å². The van der Waals surface area contributed by atoms with E-state index in [1.165, 1.54) is 0 Å². The Morgan fingerprint density at radius 1 is 1.35 bits per heavy atom. The maximum absolute atomic E-state index is 12.3. The molecular weight excluding hydrogens is 256 g/mol. The van der Waals surface area contributed by atoms with E-state index < -0.39 is 0 Å². The van der Waals surface area contributed by atoms with Gasteiger partial charge in [-0.25, -0.2) is 4.79 Å². The first-order chi connectivity index (χ1) is 9.74. The summed E-state index contributed by atoms with van der Waals surface area (Å²) in [7, 11) is 0. The van der Waals surface area contributed by atoms with Crippen LogP contribution in [0, 0.1) is 0 Å². The predicted molar refractivity (Wildman–Crippen MR) is 75.0 cm³/mol. The van der Waals surface area contributed by atoms with Crippen molar-refractivity contribution in [1.82, 2.24) is 0 Å². The molecule has 0 saturated heterocycles. The van der Waals surface area contributed by atoms with Crippen LogP contribution in [0.2, 0.25) is 0 Å². The van der Waals surface area contributed by atoms with Gasteiger partial charge in [0, 0.05) is 12.1 Å². The van der Waals surface area contributed by atoms with Gasteiger partial charge in [-0.3, -0.25) is 0 Å². The van der Waals surface area contributed by atoms with Crippen LogP contribution < -0.4 is 0 Å². The quantitative estimate of drug-likeness (QED) is 0.796. The lowest BCUT2D eigenvalue weighted by atomic mass is 9.93. The van der Waals surface area contributed by atoms with Gasteiger partial charge in [-0.2, -0.15) is 5.10 Å². The molecule has 1 fully saturated rings. The zero-order valence-electron chi connectivity index (χ0n) is 11.5. The highest BCUT2D eigenvalue weighted by Crippen LogP contribution is 2.28. The summed E-state index contributed by atoms with van der Waals surface area (Å²) in [6.45, 7) is 1.90. The molecule has 1 aromatic heterocycles. The van der Waals surface area contributed by atoms with Crippen LogP contribution in [-0.2, 0) is 9.53 Å². The second-order valence-electron chi connectivity index (χ2n) is 5.40. The Hall–Kier alpha value is -1.91. The fourth-order valence-electron chi connectivity index (χ4n) is 2.77. The molecule has 1 atom stereocenters. The molecule has 106 valence electrons. The minimum absolute atomic E-state index is 0.0365. The van der Waals surface area contributed by atoms with Gasteiger partial charge < -0.3 is 9.15 Å². The summed E-state index contributed by atoms with van der Waals surface area (Å²) >= 11 is 0. The first kappa shape index (κ1) is 13.1. The van der Waals surface area contributed by atoms with Crippen LogP contribution in [0.5, 0.6) is 0 Å². The summed E-state index contributed by atoms with van der Waals surface area (Å²) in [5.74, 6) is 0.201. The van der Waals surface area contributed by atoms with Crippen LogP contribution >= 0.6 is 0 Å². The summed E-state index contributed by atoms with van der Waals surface area (Å²) in [5.41, 5.74) is 1.25. The fraction of sp³-hybridized carbons (Fsp3) is 0.533. The fourth-order valence-corrected chi connectivity index (χ4v) is 2.77. The molecule has 0 aromatic carbocycles. The van der Waals surface area contributed by atoms with E-state index in [-0.39, 0.29) is 18.0 Å². The number of hydrogen-bond acceptors (Lipinski definition) is 5. The van der Waals surface area contributed by atoms with Crippen molar-refractivity contribution < 1.29 is 13.9 Å². The molecule has 20 heavy (non-hydrogen) atoms. The minimum atomic E-state index is -0.352. The number of ether oxygens (including phenoxy) is 1. The SMILES string of the molecule is CC1=NN=C(C(=O)OC2CCCC2)C(c2ccco2)C1. The van der Waals surface area contributed by atoms with Crippen LogP contribution in [-0.4, -0.2) is 23.5 Å². The van der Waals surface area contributed by atoms with Crippen molar-refractivity contribution in [3.63, 3.8) is 0 Å². The summed E-state index contributed by atoms with van der Waals surface area (Å²) in [4.78, 5) is 12.3. The van der Waals surface area contributed by atoms with Crippen molar-refractivity contribution in [1.29, 1.82) is 0 Å². The Balaban J connectivity index is 1.78. The van der Waals surface area contributed by atoms with Gasteiger partial charge in [0.1, 0.15) is 11.9 Å². The van der Waals surface area contributed by atoms with E-state index in [0.717, 1.165) is 37.2 Å². The molecule has 0 N–H and O–H groups in total. The molecule has 3 rings (SSSR count). The molecule has 2 aliphatic rings. The number of rotatable bonds is 3. The zero-order valence-corrected chi connectivity index (χ0v) is 11.5. The van der Waals surface area contributed by atoms with Crippen LogP contribution in [0.25, 0.3) is 0 Å². The Morgan fingerprint density at radius 2 is 2.15 bits per heavy atom. The monoisotopic (exact) mass is 274 g/mol. The average molecular weight is 274 g/mol. The molecule has 2 heterocycles. The average Bonchev–Trinajstić information content (AvgIpc) is 3.11. The number of carbonyl (C=O) groups is 1. The summed E-state index contributed by atoms with van der Waals surface area (Å²) < 4.78 is 11.0. The van der Waals surface area contributed by atoms with E-state index in [1.807, 2.05) is 19.1 Å². The summed E-state index contributed by atoms with van der Waals surface area (Å²) in [6.07, 6.45) is 6.45. The maximum Gasteiger partial charge on any atom is 0.355 e. The van der Waals surface area contributed by atoms with Gasteiger partial charge in [0.05, 0.1) is 12.2 Å². The third kappa shape index (κ3) is 2.66. The van der Waals surface area contributed by atoms with E-state index in [4.69, 9.17) is 9.15 Å². The highest BCUT2D eigenvalue weighted by molar-refractivity contribution is 6.39. The van der Waals surface area contributed by atoms with Crippen molar-refractivity contribution in [3.8, 4) is 0 Å². The van der Waals surface area contributed by atoms with Crippen LogP contribution in [0.3, 0.4) is 0 Å². The minimum Gasteiger partial charge on any atom is -0.469 e. The normalized spacial score (nSPS) is 23.4. The van der Waals surface area contributed by atoms with Crippen molar-refractivity contribution in [2.75, 3.05) is 0 Å². The van der Waals surface area contributed by atoms with Gasteiger partial charge in [-0.15, -0.1) is 5.10 Å². The molecule has 1 aliphatic heterocycles. The second kappa shape index (κ2) is 5.61. The largest absolute Gasteiger partial charge is 0.469 e. The van der Waals surface area contributed by atoms with Crippen molar-refractivity contribution in [3.05, 3.63) is 24.2 Å². The number of carbonyl (C=O) groups excluding carboxylic acids is 1. The highest BCUT2D eigenvalue weighted by atomic mass is 16.5. The van der Waals surface area contributed by atoms with E-state index in [0.29, 0.717) is 12.1 Å². The van der Waals surface area contributed by atoms with E-state index in [1.54, 1.807) is 6.26 Å². The number of nitrogens with zero attached hydrogens (tertiary/aromatic N) is 2. The lowest BCUT2D eigenvalue weighted by molar-refractivity contribution is -0.140. The molecule has 1 aromatic rings. The lowest BCUT2D eigenvalue weighted by Crippen LogP contribution is -2.30. The molecule has 0 spiro atoms. The van der Waals surface area contributed by atoms with E-state index >= 15 is 0 Å². The summed E-state index contributed by atoms with van der Waals surface area (Å²) in [6, 6.07) is 3.68. The van der Waals surface area contributed by atoms with E-state index in [9.17, 15) is 4.79 Å². The van der Waals surface area contributed by atoms with Gasteiger partial charge in [0.2, 0.25) is 0 Å². The first-order valence-electron chi connectivity index (χ1n) is 7.09. The molecule has 0 amide bonds. The molecule has 1 saturated carbocycles. The van der Waals surface area contributed by atoms with Crippen LogP contribution in [0.4, 0.5) is 0 Å².